The number of hydrogen-bond donors (Lipinski definition) is 3. The smallest absolute Gasteiger partial charge is 0.257 e. The Morgan fingerprint density at radius 1 is 1.30 bits per heavy atom. The largest absolute Gasteiger partial charge is 0.362 e. The first kappa shape index (κ1) is 19.3. The molecular weight excluding hydrogens is 390 g/mol. The zero-order valence-corrected chi connectivity index (χ0v) is 16.2. The number of sulfonamides is 1. The van der Waals surface area contributed by atoms with Crippen molar-refractivity contribution < 1.29 is 18.0 Å². The predicted octanol–water partition coefficient (Wildman–Crippen LogP) is -0.148. The number of aryl methyl sites for hydroxylation is 1. The van der Waals surface area contributed by atoms with Crippen LogP contribution in [0.25, 0.3) is 0 Å². The summed E-state index contributed by atoms with van der Waals surface area (Å²) in [6.07, 6.45) is 0.712. The minimum atomic E-state index is -3.76. The molecule has 0 unspecified atom stereocenters. The number of carbonyl (C=O) groups is 2. The number of hydrogen-bond acceptors (Lipinski definition) is 7. The number of nitrogens with one attached hydrogen (secondary N) is 2. The van der Waals surface area contributed by atoms with Crippen LogP contribution in [0.5, 0.6) is 0 Å². The van der Waals surface area contributed by atoms with Crippen LogP contribution in [0.15, 0.2) is 28.5 Å². The molecule has 9 nitrogen and oxygen atoms in total. The van der Waals surface area contributed by atoms with E-state index in [1.54, 1.807) is 6.07 Å². The van der Waals surface area contributed by atoms with Gasteiger partial charge in [0.25, 0.3) is 5.91 Å². The summed E-state index contributed by atoms with van der Waals surface area (Å²) >= 11 is 1.39. The maximum absolute atomic E-state index is 12.1. The van der Waals surface area contributed by atoms with Crippen molar-refractivity contribution in [2.45, 2.75) is 24.7 Å². The number of nitrogens with two attached hydrogens (primary N) is 1. The third kappa shape index (κ3) is 4.81. The Morgan fingerprint density at radius 2 is 2.04 bits per heavy atom. The zero-order valence-electron chi connectivity index (χ0n) is 14.6. The first-order chi connectivity index (χ1) is 12.7. The van der Waals surface area contributed by atoms with Gasteiger partial charge in [-0.05, 0) is 37.1 Å². The van der Waals surface area contributed by atoms with Crippen LogP contribution >= 0.6 is 11.3 Å². The van der Waals surface area contributed by atoms with E-state index in [2.05, 4.69) is 15.8 Å². The summed E-state index contributed by atoms with van der Waals surface area (Å²) in [4.78, 5) is 30.0. The molecule has 1 aromatic heterocycles. The van der Waals surface area contributed by atoms with Crippen LogP contribution in [-0.4, -0.2) is 38.3 Å². The van der Waals surface area contributed by atoms with Crippen molar-refractivity contribution in [1.82, 2.24) is 15.8 Å². The van der Waals surface area contributed by atoms with Crippen LogP contribution in [0.2, 0.25) is 0 Å². The SMILES string of the molecule is Cc1csc(CC(=O)NNC(=O)CN2CCc3cc(S(N)(=O)=O)ccc32)n1. The van der Waals surface area contributed by atoms with Crippen LogP contribution in [0.4, 0.5) is 5.69 Å². The number of primary sulfonamides is 1. The molecule has 27 heavy (non-hydrogen) atoms. The fourth-order valence-corrected chi connectivity index (χ4v) is 4.14. The zero-order chi connectivity index (χ0) is 19.6. The predicted molar refractivity (Wildman–Crippen MR) is 101 cm³/mol. The van der Waals surface area contributed by atoms with Gasteiger partial charge in [-0.3, -0.25) is 20.4 Å². The molecule has 144 valence electrons. The minimum Gasteiger partial charge on any atom is -0.362 e. The highest BCUT2D eigenvalue weighted by Crippen LogP contribution is 2.29. The quantitative estimate of drug-likeness (QED) is 0.588. The molecular formula is C16H19N5O4S2. The van der Waals surface area contributed by atoms with Gasteiger partial charge in [-0.15, -0.1) is 11.3 Å². The second-order valence-electron chi connectivity index (χ2n) is 6.16. The molecule has 0 spiro atoms. The highest BCUT2D eigenvalue weighted by Gasteiger charge is 2.23. The number of rotatable bonds is 5. The number of anilines is 1. The molecule has 2 aromatic rings. The van der Waals surface area contributed by atoms with Gasteiger partial charge in [0, 0.05) is 23.3 Å². The lowest BCUT2D eigenvalue weighted by molar-refractivity contribution is -0.127. The van der Waals surface area contributed by atoms with Gasteiger partial charge in [-0.25, -0.2) is 18.5 Å². The van der Waals surface area contributed by atoms with E-state index < -0.39 is 10.0 Å². The Labute approximate surface area is 160 Å². The molecule has 0 fully saturated rings. The summed E-state index contributed by atoms with van der Waals surface area (Å²) in [6, 6.07) is 4.58. The van der Waals surface area contributed by atoms with Crippen LogP contribution < -0.4 is 20.9 Å². The Balaban J connectivity index is 1.53. The Hall–Kier alpha value is -2.50. The number of aromatic nitrogens is 1. The molecule has 1 aliphatic rings. The average Bonchev–Trinajstić information content (AvgIpc) is 3.18. The molecule has 2 heterocycles. The highest BCUT2D eigenvalue weighted by atomic mass is 32.2. The van der Waals surface area contributed by atoms with Crippen molar-refractivity contribution in [2.75, 3.05) is 18.0 Å². The molecule has 0 saturated carbocycles. The van der Waals surface area contributed by atoms with Gasteiger partial charge in [0.2, 0.25) is 15.9 Å². The summed E-state index contributed by atoms with van der Waals surface area (Å²) in [7, 11) is -3.76. The molecule has 0 radical (unpaired) electrons. The summed E-state index contributed by atoms with van der Waals surface area (Å²) in [5, 5.41) is 7.67. The molecule has 0 atom stereocenters. The van der Waals surface area contributed by atoms with Crippen molar-refractivity contribution in [3.8, 4) is 0 Å². The van der Waals surface area contributed by atoms with E-state index in [1.807, 2.05) is 17.2 Å². The lowest BCUT2D eigenvalue weighted by Gasteiger charge is -2.19. The first-order valence-electron chi connectivity index (χ1n) is 8.12. The number of hydrazine groups is 1. The lowest BCUT2D eigenvalue weighted by Crippen LogP contribution is -2.46. The molecule has 0 bridgehead atoms. The number of carbonyl (C=O) groups excluding carboxylic acids is 2. The maximum atomic E-state index is 12.1. The van der Waals surface area contributed by atoms with Crippen LogP contribution in [0.3, 0.4) is 0 Å². The van der Waals surface area contributed by atoms with E-state index in [9.17, 15) is 18.0 Å². The molecule has 3 rings (SSSR count). The minimum absolute atomic E-state index is 0.0400. The third-order valence-corrected chi connectivity index (χ3v) is 5.90. The first-order valence-corrected chi connectivity index (χ1v) is 10.5. The number of fused-ring (bicyclic) bond motifs is 1. The van der Waals surface area contributed by atoms with E-state index >= 15 is 0 Å². The normalized spacial score (nSPS) is 13.3. The summed E-state index contributed by atoms with van der Waals surface area (Å²) in [5.41, 5.74) is 7.21. The Kier molecular flexibility index (Phi) is 5.44. The van der Waals surface area contributed by atoms with Gasteiger partial charge in [-0.1, -0.05) is 0 Å². The van der Waals surface area contributed by atoms with E-state index in [-0.39, 0.29) is 29.7 Å². The van der Waals surface area contributed by atoms with Gasteiger partial charge < -0.3 is 4.90 Å². The van der Waals surface area contributed by atoms with E-state index in [1.165, 1.54) is 23.5 Å². The third-order valence-electron chi connectivity index (χ3n) is 4.03. The van der Waals surface area contributed by atoms with Crippen molar-refractivity contribution >= 4 is 38.9 Å². The Bertz CT molecular complexity index is 986. The molecule has 0 aliphatic carbocycles. The van der Waals surface area contributed by atoms with E-state index in [0.717, 1.165) is 16.9 Å². The average molecular weight is 409 g/mol. The summed E-state index contributed by atoms with van der Waals surface area (Å²) < 4.78 is 22.9. The van der Waals surface area contributed by atoms with Crippen molar-refractivity contribution in [3.63, 3.8) is 0 Å². The Morgan fingerprint density at radius 3 is 2.70 bits per heavy atom. The summed E-state index contributed by atoms with van der Waals surface area (Å²) in [5.74, 6) is -0.723. The second-order valence-corrected chi connectivity index (χ2v) is 8.67. The van der Waals surface area contributed by atoms with Crippen molar-refractivity contribution in [1.29, 1.82) is 0 Å². The number of amides is 2. The van der Waals surface area contributed by atoms with Crippen LogP contribution in [0, 0.1) is 6.92 Å². The topological polar surface area (TPSA) is 134 Å². The lowest BCUT2D eigenvalue weighted by atomic mass is 10.2. The van der Waals surface area contributed by atoms with Crippen LogP contribution in [0.1, 0.15) is 16.3 Å². The fourth-order valence-electron chi connectivity index (χ4n) is 2.81. The number of nitrogens with zero attached hydrogens (tertiary/aromatic N) is 2. The molecule has 1 aromatic carbocycles. The van der Waals surface area contributed by atoms with Gasteiger partial charge in [0.15, 0.2) is 0 Å². The van der Waals surface area contributed by atoms with Gasteiger partial charge in [0.1, 0.15) is 5.01 Å². The van der Waals surface area contributed by atoms with Crippen LogP contribution in [-0.2, 0) is 32.5 Å². The fraction of sp³-hybridized carbons (Fsp3) is 0.312. The molecule has 4 N–H and O–H groups in total. The number of thiazole rings is 1. The number of benzene rings is 1. The summed E-state index contributed by atoms with van der Waals surface area (Å²) in [6.45, 7) is 2.46. The standard InChI is InChI=1S/C16H19N5O4S2/c1-10-9-26-16(18-10)7-14(22)19-20-15(23)8-21-5-4-11-6-12(27(17,24)25)2-3-13(11)21/h2-3,6,9H,4-5,7-8H2,1H3,(H,19,22)(H,20,23)(H2,17,24,25). The van der Waals surface area contributed by atoms with Gasteiger partial charge >= 0.3 is 0 Å². The van der Waals surface area contributed by atoms with Crippen molar-refractivity contribution in [3.05, 3.63) is 39.8 Å². The van der Waals surface area contributed by atoms with Gasteiger partial charge in [-0.2, -0.15) is 0 Å². The molecule has 2 amide bonds. The monoisotopic (exact) mass is 409 g/mol. The molecule has 11 heteroatoms. The molecule has 0 saturated heterocycles. The van der Waals surface area contributed by atoms with E-state index in [0.29, 0.717) is 18.0 Å². The van der Waals surface area contributed by atoms with Gasteiger partial charge in [0.05, 0.1) is 17.9 Å². The second kappa shape index (κ2) is 7.62. The van der Waals surface area contributed by atoms with Crippen molar-refractivity contribution in [2.24, 2.45) is 5.14 Å². The highest BCUT2D eigenvalue weighted by molar-refractivity contribution is 7.89. The van der Waals surface area contributed by atoms with E-state index in [4.69, 9.17) is 5.14 Å². The molecule has 1 aliphatic heterocycles. The maximum Gasteiger partial charge on any atom is 0.257 e.